The lowest BCUT2D eigenvalue weighted by Gasteiger charge is -2.18. The van der Waals surface area contributed by atoms with Crippen molar-refractivity contribution in [2.75, 3.05) is 13.2 Å². The van der Waals surface area contributed by atoms with Crippen LogP contribution in [0.15, 0.2) is 60.8 Å². The number of carbonyl (C=O) groups excluding carboxylic acids is 3. The lowest BCUT2D eigenvalue weighted by Crippen LogP contribution is -2.30. The highest BCUT2D eigenvalue weighted by atomic mass is 16.6. The van der Waals surface area contributed by atoms with Crippen LogP contribution in [0.3, 0.4) is 0 Å². The summed E-state index contributed by atoms with van der Waals surface area (Å²) < 4.78 is 16.8. The predicted octanol–water partition coefficient (Wildman–Crippen LogP) is 18.4. The first-order valence-corrected chi connectivity index (χ1v) is 27.8. The van der Waals surface area contributed by atoms with Crippen LogP contribution in [-0.2, 0) is 28.6 Å². The number of ether oxygens (including phenoxy) is 3. The predicted molar refractivity (Wildman–Crippen MR) is 279 cm³/mol. The Balaban J connectivity index is 4.41. The highest BCUT2D eigenvalue weighted by Crippen LogP contribution is 2.15. The fraction of sp³-hybridized carbons (Fsp3) is 0.780. The van der Waals surface area contributed by atoms with Gasteiger partial charge in [0.05, 0.1) is 0 Å². The number of unbranched alkanes of at least 4 members (excludes halogenated alkanes) is 29. The van der Waals surface area contributed by atoms with Gasteiger partial charge in [0.2, 0.25) is 0 Å². The zero-order valence-corrected chi connectivity index (χ0v) is 43.0. The topological polar surface area (TPSA) is 78.9 Å². The van der Waals surface area contributed by atoms with Gasteiger partial charge in [-0.05, 0) is 83.5 Å². The van der Waals surface area contributed by atoms with Crippen molar-refractivity contribution in [1.82, 2.24) is 0 Å². The van der Waals surface area contributed by atoms with Gasteiger partial charge in [-0.15, -0.1) is 0 Å². The summed E-state index contributed by atoms with van der Waals surface area (Å²) in [5.41, 5.74) is 0. The molecule has 0 saturated carbocycles. The van der Waals surface area contributed by atoms with Crippen molar-refractivity contribution < 1.29 is 28.6 Å². The van der Waals surface area contributed by atoms with E-state index in [2.05, 4.69) is 81.5 Å². The van der Waals surface area contributed by atoms with Crippen molar-refractivity contribution >= 4 is 17.9 Å². The molecule has 0 amide bonds. The second-order valence-electron chi connectivity index (χ2n) is 18.5. The van der Waals surface area contributed by atoms with E-state index in [0.29, 0.717) is 19.3 Å². The molecule has 0 aromatic heterocycles. The third-order valence-electron chi connectivity index (χ3n) is 12.0. The molecule has 0 saturated heterocycles. The summed E-state index contributed by atoms with van der Waals surface area (Å²) in [6.45, 7) is 6.52. The molecule has 0 aromatic rings. The number of hydrogen-bond acceptors (Lipinski definition) is 6. The van der Waals surface area contributed by atoms with E-state index in [1.807, 2.05) is 0 Å². The first-order valence-electron chi connectivity index (χ1n) is 27.8. The van der Waals surface area contributed by atoms with Crippen molar-refractivity contribution in [2.45, 2.75) is 284 Å². The molecule has 0 aromatic carbocycles. The number of esters is 3. The molecular weight excluding hydrogens is 805 g/mol. The molecule has 0 radical (unpaired) electrons. The van der Waals surface area contributed by atoms with Gasteiger partial charge in [-0.25, -0.2) is 0 Å². The Morgan fingerprint density at radius 3 is 0.954 bits per heavy atom. The third kappa shape index (κ3) is 51.9. The minimum absolute atomic E-state index is 0.0815. The summed E-state index contributed by atoms with van der Waals surface area (Å²) in [5, 5.41) is 0. The van der Waals surface area contributed by atoms with E-state index >= 15 is 0 Å². The SMILES string of the molecule is CC/C=C\C/C=C\C/C=C\C/C=C\CCCCCCC(=O)OC[C@H](COC(=O)CCCCCCCCCCCCCCC)OC(=O)CCCCCCCCC/C=C\CCCCCCCC. The van der Waals surface area contributed by atoms with Gasteiger partial charge in [-0.3, -0.25) is 14.4 Å². The van der Waals surface area contributed by atoms with Gasteiger partial charge in [0.1, 0.15) is 13.2 Å². The minimum atomic E-state index is -0.784. The molecule has 6 heteroatoms. The maximum atomic E-state index is 12.8. The Morgan fingerprint density at radius 1 is 0.323 bits per heavy atom. The largest absolute Gasteiger partial charge is 0.462 e. The zero-order chi connectivity index (χ0) is 47.2. The van der Waals surface area contributed by atoms with E-state index < -0.39 is 6.10 Å². The third-order valence-corrected chi connectivity index (χ3v) is 12.0. The van der Waals surface area contributed by atoms with Crippen molar-refractivity contribution in [3.63, 3.8) is 0 Å². The summed E-state index contributed by atoms with van der Waals surface area (Å²) in [5.74, 6) is -0.901. The van der Waals surface area contributed by atoms with Crippen LogP contribution in [0.4, 0.5) is 0 Å². The molecule has 0 unspecified atom stereocenters. The number of hydrogen-bond donors (Lipinski definition) is 0. The van der Waals surface area contributed by atoms with Gasteiger partial charge < -0.3 is 14.2 Å². The van der Waals surface area contributed by atoms with E-state index in [0.717, 1.165) is 96.3 Å². The molecule has 0 aliphatic rings. The van der Waals surface area contributed by atoms with Crippen LogP contribution in [0.2, 0.25) is 0 Å². The van der Waals surface area contributed by atoms with Gasteiger partial charge in [0, 0.05) is 19.3 Å². The van der Waals surface area contributed by atoms with Crippen molar-refractivity contribution in [3.05, 3.63) is 60.8 Å². The second kappa shape index (κ2) is 53.7. The average molecular weight is 909 g/mol. The smallest absolute Gasteiger partial charge is 0.306 e. The Morgan fingerprint density at radius 2 is 0.600 bits per heavy atom. The van der Waals surface area contributed by atoms with Crippen molar-refractivity contribution in [3.8, 4) is 0 Å². The monoisotopic (exact) mass is 909 g/mol. The molecule has 65 heavy (non-hydrogen) atoms. The van der Waals surface area contributed by atoms with E-state index in [4.69, 9.17) is 14.2 Å². The van der Waals surface area contributed by atoms with E-state index in [9.17, 15) is 14.4 Å². The fourth-order valence-corrected chi connectivity index (χ4v) is 7.84. The summed E-state index contributed by atoms with van der Waals surface area (Å²) in [4.78, 5) is 38.1. The van der Waals surface area contributed by atoms with Crippen LogP contribution < -0.4 is 0 Å². The first-order chi connectivity index (χ1) is 32.0. The Labute approximate surface area is 402 Å². The van der Waals surface area contributed by atoms with Gasteiger partial charge in [0.25, 0.3) is 0 Å². The Bertz CT molecular complexity index is 1180. The summed E-state index contributed by atoms with van der Waals surface area (Å²) in [6, 6.07) is 0. The maximum absolute atomic E-state index is 12.8. The molecular formula is C59H104O6. The Kier molecular flexibility index (Phi) is 51.3. The molecule has 0 heterocycles. The molecule has 0 spiro atoms. The number of rotatable bonds is 50. The molecule has 0 aliphatic heterocycles. The minimum Gasteiger partial charge on any atom is -0.462 e. The number of carbonyl (C=O) groups is 3. The summed E-state index contributed by atoms with van der Waals surface area (Å²) in [6.07, 6.45) is 66.3. The average Bonchev–Trinajstić information content (AvgIpc) is 3.30. The fourth-order valence-electron chi connectivity index (χ4n) is 7.84. The number of allylic oxidation sites excluding steroid dienone is 10. The quantitative estimate of drug-likeness (QED) is 0.0262. The molecule has 0 fully saturated rings. The van der Waals surface area contributed by atoms with E-state index in [1.54, 1.807) is 0 Å². The van der Waals surface area contributed by atoms with Crippen LogP contribution >= 0.6 is 0 Å². The van der Waals surface area contributed by atoms with Crippen molar-refractivity contribution in [2.24, 2.45) is 0 Å². The standard InChI is InChI=1S/C59H104O6/c1-4-7-10-13-16-19-22-25-27-29-31-34-37-40-43-46-49-52-58(61)64-55-56(54-63-57(60)51-48-45-42-39-36-33-24-21-18-15-12-9-6-3)65-59(62)53-50-47-44-41-38-35-32-30-28-26-23-20-17-14-11-8-5-2/h7,10,16,19,25-28,31,34,56H,4-6,8-9,11-15,17-18,20-24,29-30,32-33,35-55H2,1-3H3/b10-7-,19-16-,27-25-,28-26-,34-31-/t56-/m0/s1. The molecule has 6 nitrogen and oxygen atoms in total. The van der Waals surface area contributed by atoms with Crippen LogP contribution in [-0.4, -0.2) is 37.2 Å². The maximum Gasteiger partial charge on any atom is 0.306 e. The molecule has 0 aliphatic carbocycles. The zero-order valence-electron chi connectivity index (χ0n) is 43.0. The second-order valence-corrected chi connectivity index (χ2v) is 18.5. The molecule has 0 N–H and O–H groups in total. The van der Waals surface area contributed by atoms with Crippen LogP contribution in [0.5, 0.6) is 0 Å². The van der Waals surface area contributed by atoms with Crippen LogP contribution in [0, 0.1) is 0 Å². The van der Waals surface area contributed by atoms with Gasteiger partial charge >= 0.3 is 17.9 Å². The van der Waals surface area contributed by atoms with E-state index in [-0.39, 0.29) is 31.1 Å². The van der Waals surface area contributed by atoms with Gasteiger partial charge in [-0.2, -0.15) is 0 Å². The highest BCUT2D eigenvalue weighted by Gasteiger charge is 2.19. The Hall–Kier alpha value is -2.89. The first kappa shape index (κ1) is 62.1. The summed E-state index contributed by atoms with van der Waals surface area (Å²) in [7, 11) is 0. The van der Waals surface area contributed by atoms with E-state index in [1.165, 1.54) is 141 Å². The highest BCUT2D eigenvalue weighted by molar-refractivity contribution is 5.71. The molecule has 1 atom stereocenters. The van der Waals surface area contributed by atoms with Gasteiger partial charge in [0.15, 0.2) is 6.10 Å². The normalized spacial score (nSPS) is 12.5. The van der Waals surface area contributed by atoms with Crippen molar-refractivity contribution in [1.29, 1.82) is 0 Å². The van der Waals surface area contributed by atoms with Crippen LogP contribution in [0.25, 0.3) is 0 Å². The lowest BCUT2D eigenvalue weighted by atomic mass is 10.0. The molecule has 376 valence electrons. The molecule has 0 rings (SSSR count). The summed E-state index contributed by atoms with van der Waals surface area (Å²) >= 11 is 0. The van der Waals surface area contributed by atoms with Crippen LogP contribution in [0.1, 0.15) is 278 Å². The van der Waals surface area contributed by atoms with Gasteiger partial charge in [-0.1, -0.05) is 236 Å². The molecule has 0 bridgehead atoms. The lowest BCUT2D eigenvalue weighted by molar-refractivity contribution is -0.167.